The quantitative estimate of drug-likeness (QED) is 0.861. The molecule has 1 N–H and O–H groups in total. The van der Waals surface area contributed by atoms with Gasteiger partial charge in [-0.2, -0.15) is 0 Å². The van der Waals surface area contributed by atoms with Crippen molar-refractivity contribution >= 4 is 5.97 Å². The van der Waals surface area contributed by atoms with Gasteiger partial charge in [-0.05, 0) is 30.5 Å². The molecule has 1 aliphatic rings. The van der Waals surface area contributed by atoms with E-state index in [2.05, 4.69) is 0 Å². The zero-order chi connectivity index (χ0) is 12.5. The second-order valence-corrected chi connectivity index (χ2v) is 4.58. The molecule has 1 fully saturated rings. The minimum absolute atomic E-state index is 0.378. The highest BCUT2D eigenvalue weighted by atomic mass is 19.2. The van der Waals surface area contributed by atoms with Crippen LogP contribution in [-0.4, -0.2) is 11.1 Å². The lowest BCUT2D eigenvalue weighted by Gasteiger charge is -2.33. The molecule has 1 aliphatic carbocycles. The smallest absolute Gasteiger partial charge is 0.314 e. The van der Waals surface area contributed by atoms with Crippen molar-refractivity contribution in [1.82, 2.24) is 0 Å². The van der Waals surface area contributed by atoms with Gasteiger partial charge in [-0.25, -0.2) is 8.78 Å². The Hall–Kier alpha value is -1.45. The maximum absolute atomic E-state index is 13.2. The Morgan fingerprint density at radius 1 is 1.12 bits per heavy atom. The highest BCUT2D eigenvalue weighted by molar-refractivity contribution is 5.81. The summed E-state index contributed by atoms with van der Waals surface area (Å²) in [6, 6.07) is 3.41. The Kier molecular flexibility index (Phi) is 3.13. The van der Waals surface area contributed by atoms with Gasteiger partial charge in [0.15, 0.2) is 11.6 Å². The Morgan fingerprint density at radius 3 is 2.29 bits per heavy atom. The molecular weight excluding hydrogens is 226 g/mol. The SMILES string of the molecule is O=C(O)C1(c2ccc(F)c(F)c2)CCCCC1. The van der Waals surface area contributed by atoms with Gasteiger partial charge >= 0.3 is 5.97 Å². The molecule has 0 unspecified atom stereocenters. The van der Waals surface area contributed by atoms with E-state index in [9.17, 15) is 18.7 Å². The maximum atomic E-state index is 13.2. The fourth-order valence-electron chi connectivity index (χ4n) is 2.58. The first kappa shape index (κ1) is 12.0. The molecule has 1 aromatic rings. The first-order valence-electron chi connectivity index (χ1n) is 5.75. The van der Waals surface area contributed by atoms with Crippen LogP contribution in [0.3, 0.4) is 0 Å². The van der Waals surface area contributed by atoms with Gasteiger partial charge < -0.3 is 5.11 Å². The van der Waals surface area contributed by atoms with E-state index in [0.717, 1.165) is 31.4 Å². The van der Waals surface area contributed by atoms with E-state index in [1.807, 2.05) is 0 Å². The van der Waals surface area contributed by atoms with Crippen molar-refractivity contribution in [2.45, 2.75) is 37.5 Å². The van der Waals surface area contributed by atoms with Crippen molar-refractivity contribution in [1.29, 1.82) is 0 Å². The molecule has 0 aliphatic heterocycles. The van der Waals surface area contributed by atoms with Crippen molar-refractivity contribution in [3.05, 3.63) is 35.4 Å². The van der Waals surface area contributed by atoms with Crippen LogP contribution in [0.1, 0.15) is 37.7 Å². The zero-order valence-corrected chi connectivity index (χ0v) is 9.38. The average molecular weight is 240 g/mol. The maximum Gasteiger partial charge on any atom is 0.314 e. The summed E-state index contributed by atoms with van der Waals surface area (Å²) in [4.78, 5) is 11.5. The summed E-state index contributed by atoms with van der Waals surface area (Å²) < 4.78 is 26.1. The van der Waals surface area contributed by atoms with Gasteiger partial charge in [-0.1, -0.05) is 25.3 Å². The summed E-state index contributed by atoms with van der Waals surface area (Å²) in [6.45, 7) is 0. The Labute approximate surface area is 98.3 Å². The summed E-state index contributed by atoms with van der Waals surface area (Å²) in [7, 11) is 0. The van der Waals surface area contributed by atoms with E-state index in [1.54, 1.807) is 0 Å². The summed E-state index contributed by atoms with van der Waals surface area (Å²) in [5.41, 5.74) is -0.657. The fraction of sp³-hybridized carbons (Fsp3) is 0.462. The largest absolute Gasteiger partial charge is 0.481 e. The summed E-state index contributed by atoms with van der Waals surface area (Å²) in [5, 5.41) is 9.39. The summed E-state index contributed by atoms with van der Waals surface area (Å²) in [6.07, 6.45) is 3.61. The molecule has 4 heteroatoms. The van der Waals surface area contributed by atoms with Crippen LogP contribution < -0.4 is 0 Å². The minimum atomic E-state index is -1.03. The number of hydrogen-bond acceptors (Lipinski definition) is 1. The first-order chi connectivity index (χ1) is 8.06. The van der Waals surface area contributed by atoms with Crippen LogP contribution in [0.4, 0.5) is 8.78 Å². The molecular formula is C13H14F2O2. The van der Waals surface area contributed by atoms with Gasteiger partial charge in [-0.15, -0.1) is 0 Å². The van der Waals surface area contributed by atoms with E-state index in [4.69, 9.17) is 0 Å². The third kappa shape index (κ3) is 2.04. The molecule has 0 saturated heterocycles. The first-order valence-corrected chi connectivity index (χ1v) is 5.75. The number of hydrogen-bond donors (Lipinski definition) is 1. The van der Waals surface area contributed by atoms with E-state index in [-0.39, 0.29) is 0 Å². The van der Waals surface area contributed by atoms with Crippen LogP contribution in [0.2, 0.25) is 0 Å². The highest BCUT2D eigenvalue weighted by Crippen LogP contribution is 2.40. The minimum Gasteiger partial charge on any atom is -0.481 e. The van der Waals surface area contributed by atoms with E-state index >= 15 is 0 Å². The number of carbonyl (C=O) groups is 1. The van der Waals surface area contributed by atoms with Crippen molar-refractivity contribution in [3.63, 3.8) is 0 Å². The Balaban J connectivity index is 2.45. The number of benzene rings is 1. The van der Waals surface area contributed by atoms with Crippen molar-refractivity contribution in [3.8, 4) is 0 Å². The molecule has 0 aromatic heterocycles. The Morgan fingerprint density at radius 2 is 1.76 bits per heavy atom. The predicted molar refractivity (Wildman–Crippen MR) is 58.8 cm³/mol. The average Bonchev–Trinajstić information content (AvgIpc) is 2.33. The van der Waals surface area contributed by atoms with Crippen LogP contribution >= 0.6 is 0 Å². The van der Waals surface area contributed by atoms with E-state index in [0.29, 0.717) is 18.4 Å². The van der Waals surface area contributed by atoms with Crippen LogP contribution in [0.25, 0.3) is 0 Å². The van der Waals surface area contributed by atoms with Gasteiger partial charge in [-0.3, -0.25) is 4.79 Å². The van der Waals surface area contributed by atoms with Crippen molar-refractivity contribution in [2.24, 2.45) is 0 Å². The second-order valence-electron chi connectivity index (χ2n) is 4.58. The van der Waals surface area contributed by atoms with Crippen LogP contribution in [0.5, 0.6) is 0 Å². The molecule has 0 spiro atoms. The van der Waals surface area contributed by atoms with Gasteiger partial charge in [0.25, 0.3) is 0 Å². The number of halogens is 2. The zero-order valence-electron chi connectivity index (χ0n) is 9.38. The van der Waals surface area contributed by atoms with Crippen LogP contribution in [0.15, 0.2) is 18.2 Å². The molecule has 1 saturated carbocycles. The van der Waals surface area contributed by atoms with E-state index < -0.39 is 23.0 Å². The van der Waals surface area contributed by atoms with Crippen LogP contribution in [0, 0.1) is 11.6 Å². The van der Waals surface area contributed by atoms with Crippen molar-refractivity contribution < 1.29 is 18.7 Å². The second kappa shape index (κ2) is 4.43. The number of carboxylic acid groups (broad SMARTS) is 1. The van der Waals surface area contributed by atoms with Gasteiger partial charge in [0.1, 0.15) is 0 Å². The number of carboxylic acids is 1. The molecule has 0 heterocycles. The molecule has 0 radical (unpaired) electrons. The normalized spacial score (nSPS) is 18.9. The molecule has 2 rings (SSSR count). The lowest BCUT2D eigenvalue weighted by atomic mass is 9.69. The molecule has 92 valence electrons. The molecule has 2 nitrogen and oxygen atoms in total. The topological polar surface area (TPSA) is 37.3 Å². The number of aliphatic carboxylic acids is 1. The predicted octanol–water partition coefficient (Wildman–Crippen LogP) is 3.25. The van der Waals surface area contributed by atoms with Gasteiger partial charge in [0.05, 0.1) is 5.41 Å². The van der Waals surface area contributed by atoms with Crippen LogP contribution in [-0.2, 0) is 10.2 Å². The summed E-state index contributed by atoms with van der Waals surface area (Å²) in [5.74, 6) is -2.86. The van der Waals surface area contributed by atoms with Gasteiger partial charge in [0, 0.05) is 0 Å². The standard InChI is InChI=1S/C13H14F2O2/c14-10-5-4-9(8-11(10)15)13(12(16)17)6-2-1-3-7-13/h4-5,8H,1-3,6-7H2,(H,16,17). The van der Waals surface area contributed by atoms with Gasteiger partial charge in [0.2, 0.25) is 0 Å². The molecule has 1 aromatic carbocycles. The lowest BCUT2D eigenvalue weighted by molar-refractivity contribution is -0.145. The summed E-state index contributed by atoms with van der Waals surface area (Å²) >= 11 is 0. The highest BCUT2D eigenvalue weighted by Gasteiger charge is 2.41. The van der Waals surface area contributed by atoms with Crippen molar-refractivity contribution in [2.75, 3.05) is 0 Å². The molecule has 17 heavy (non-hydrogen) atoms. The molecule has 0 amide bonds. The molecule has 0 atom stereocenters. The third-order valence-corrected chi connectivity index (χ3v) is 3.59. The monoisotopic (exact) mass is 240 g/mol. The third-order valence-electron chi connectivity index (χ3n) is 3.59. The molecule has 0 bridgehead atoms. The number of rotatable bonds is 2. The Bertz CT molecular complexity index is 437. The fourth-order valence-corrected chi connectivity index (χ4v) is 2.58. The van der Waals surface area contributed by atoms with E-state index in [1.165, 1.54) is 6.07 Å². The lowest BCUT2D eigenvalue weighted by Crippen LogP contribution is -2.37.